The highest BCUT2D eigenvalue weighted by Gasteiger charge is 2.50. The van der Waals surface area contributed by atoms with E-state index in [2.05, 4.69) is 9.97 Å². The van der Waals surface area contributed by atoms with Gasteiger partial charge in [0.25, 0.3) is 0 Å². The van der Waals surface area contributed by atoms with Crippen LogP contribution >= 0.6 is 0 Å². The molecule has 2 aliphatic heterocycles. The number of fused-ring (bicyclic) bond motifs is 2. The number of rotatable bonds is 2. The maximum absolute atomic E-state index is 13.2. The third-order valence-electron chi connectivity index (χ3n) is 5.55. The van der Waals surface area contributed by atoms with Crippen molar-refractivity contribution in [2.45, 2.75) is 63.6 Å². The van der Waals surface area contributed by atoms with Gasteiger partial charge in [-0.3, -0.25) is 0 Å². The SMILES string of the molecule is CC(C)(C)OC(=O)N1C2CCC1C(c1cnc(N)c(-c3ccc(F)nc3)c1)C2. The van der Waals surface area contributed by atoms with Gasteiger partial charge >= 0.3 is 6.09 Å². The Morgan fingerprint density at radius 1 is 1.25 bits per heavy atom. The maximum atomic E-state index is 13.2. The summed E-state index contributed by atoms with van der Waals surface area (Å²) in [4.78, 5) is 22.7. The maximum Gasteiger partial charge on any atom is 0.410 e. The molecule has 0 radical (unpaired) electrons. The van der Waals surface area contributed by atoms with Gasteiger partial charge < -0.3 is 15.4 Å². The van der Waals surface area contributed by atoms with Crippen LogP contribution in [-0.2, 0) is 4.74 Å². The van der Waals surface area contributed by atoms with Gasteiger partial charge in [-0.2, -0.15) is 4.39 Å². The summed E-state index contributed by atoms with van der Waals surface area (Å²) in [6.07, 6.45) is 5.84. The normalized spacial score (nSPS) is 23.9. The van der Waals surface area contributed by atoms with E-state index < -0.39 is 11.5 Å². The number of pyridine rings is 2. The number of amides is 1. The molecule has 2 bridgehead atoms. The minimum Gasteiger partial charge on any atom is -0.444 e. The first-order valence-electron chi connectivity index (χ1n) is 9.61. The van der Waals surface area contributed by atoms with Crippen LogP contribution in [0, 0.1) is 5.95 Å². The van der Waals surface area contributed by atoms with Gasteiger partial charge in [0.1, 0.15) is 11.4 Å². The smallest absolute Gasteiger partial charge is 0.410 e. The molecule has 0 aliphatic carbocycles. The van der Waals surface area contributed by atoms with E-state index in [9.17, 15) is 9.18 Å². The molecule has 2 saturated heterocycles. The predicted molar refractivity (Wildman–Crippen MR) is 104 cm³/mol. The summed E-state index contributed by atoms with van der Waals surface area (Å²) in [6.45, 7) is 5.65. The van der Waals surface area contributed by atoms with Crippen LogP contribution in [0.25, 0.3) is 11.1 Å². The number of halogens is 1. The zero-order valence-electron chi connectivity index (χ0n) is 16.4. The molecule has 2 aromatic rings. The molecule has 7 heteroatoms. The summed E-state index contributed by atoms with van der Waals surface area (Å²) in [6, 6.07) is 5.25. The fourth-order valence-corrected chi connectivity index (χ4v) is 4.41. The molecule has 0 aromatic carbocycles. The van der Waals surface area contributed by atoms with Crippen molar-refractivity contribution in [3.05, 3.63) is 42.1 Å². The third-order valence-corrected chi connectivity index (χ3v) is 5.55. The quantitative estimate of drug-likeness (QED) is 0.788. The number of hydrogen-bond donors (Lipinski definition) is 1. The number of nitrogens with two attached hydrogens (primary N) is 1. The van der Waals surface area contributed by atoms with Crippen molar-refractivity contribution in [1.29, 1.82) is 0 Å². The van der Waals surface area contributed by atoms with Gasteiger partial charge in [0.15, 0.2) is 0 Å². The first-order chi connectivity index (χ1) is 13.2. The number of aromatic nitrogens is 2. The first-order valence-corrected chi connectivity index (χ1v) is 9.61. The number of nitrogens with zero attached hydrogens (tertiary/aromatic N) is 3. The van der Waals surface area contributed by atoms with Crippen LogP contribution in [0.15, 0.2) is 30.6 Å². The lowest BCUT2D eigenvalue weighted by atomic mass is 9.84. The fourth-order valence-electron chi connectivity index (χ4n) is 4.41. The minimum atomic E-state index is -0.535. The number of ether oxygens (including phenoxy) is 1. The second-order valence-corrected chi connectivity index (χ2v) is 8.60. The average molecular weight is 384 g/mol. The Labute approximate surface area is 163 Å². The van der Waals surface area contributed by atoms with Gasteiger partial charge in [-0.15, -0.1) is 0 Å². The number of hydrogen-bond acceptors (Lipinski definition) is 5. The topological polar surface area (TPSA) is 81.3 Å². The van der Waals surface area contributed by atoms with Crippen LogP contribution in [0.3, 0.4) is 0 Å². The molecule has 3 unspecified atom stereocenters. The fraction of sp³-hybridized carbons (Fsp3) is 0.476. The molecule has 0 spiro atoms. The van der Waals surface area contributed by atoms with E-state index in [0.717, 1.165) is 36.0 Å². The Morgan fingerprint density at radius 2 is 2.04 bits per heavy atom. The summed E-state index contributed by atoms with van der Waals surface area (Å²) in [5, 5.41) is 0. The molecule has 0 saturated carbocycles. The van der Waals surface area contributed by atoms with Crippen molar-refractivity contribution < 1.29 is 13.9 Å². The van der Waals surface area contributed by atoms with Gasteiger partial charge in [-0.1, -0.05) is 0 Å². The molecule has 4 rings (SSSR count). The van der Waals surface area contributed by atoms with Gasteiger partial charge in [0.2, 0.25) is 5.95 Å². The Kier molecular flexibility index (Phi) is 4.48. The predicted octanol–water partition coefficient (Wildman–Crippen LogP) is 4.12. The molecule has 2 N–H and O–H groups in total. The molecule has 4 heterocycles. The largest absolute Gasteiger partial charge is 0.444 e. The van der Waals surface area contributed by atoms with E-state index in [1.165, 1.54) is 12.3 Å². The van der Waals surface area contributed by atoms with Gasteiger partial charge in [0, 0.05) is 41.5 Å². The lowest BCUT2D eigenvalue weighted by molar-refractivity contribution is 0.0213. The second-order valence-electron chi connectivity index (χ2n) is 8.60. The molecule has 148 valence electrons. The van der Waals surface area contributed by atoms with E-state index >= 15 is 0 Å². The van der Waals surface area contributed by atoms with Crippen molar-refractivity contribution in [3.8, 4) is 11.1 Å². The lowest BCUT2D eigenvalue weighted by Crippen LogP contribution is -2.40. The van der Waals surface area contributed by atoms with Gasteiger partial charge in [0.05, 0.1) is 0 Å². The second kappa shape index (κ2) is 6.72. The van der Waals surface area contributed by atoms with E-state index in [0.29, 0.717) is 5.82 Å². The van der Waals surface area contributed by atoms with Crippen molar-refractivity contribution in [1.82, 2.24) is 14.9 Å². The van der Waals surface area contributed by atoms with Gasteiger partial charge in [-0.05, 0) is 63.8 Å². The molecule has 2 aliphatic rings. The Hall–Kier alpha value is -2.70. The van der Waals surface area contributed by atoms with Crippen LogP contribution in [0.2, 0.25) is 0 Å². The number of carbonyl (C=O) groups is 1. The highest BCUT2D eigenvalue weighted by atomic mass is 19.1. The molecule has 28 heavy (non-hydrogen) atoms. The van der Waals surface area contributed by atoms with Crippen molar-refractivity contribution in [2.24, 2.45) is 0 Å². The Bertz CT molecular complexity index is 894. The number of carbonyl (C=O) groups excluding carboxylic acids is 1. The summed E-state index contributed by atoms with van der Waals surface area (Å²) in [7, 11) is 0. The Morgan fingerprint density at radius 3 is 2.71 bits per heavy atom. The summed E-state index contributed by atoms with van der Waals surface area (Å²) in [5.41, 5.74) is 8.04. The van der Waals surface area contributed by atoms with Crippen molar-refractivity contribution in [2.75, 3.05) is 5.73 Å². The monoisotopic (exact) mass is 384 g/mol. The van der Waals surface area contributed by atoms with Crippen LogP contribution < -0.4 is 5.73 Å². The summed E-state index contributed by atoms with van der Waals surface area (Å²) < 4.78 is 18.8. The zero-order chi connectivity index (χ0) is 20.1. The van der Waals surface area contributed by atoms with Crippen LogP contribution in [0.4, 0.5) is 15.0 Å². The number of nitrogen functional groups attached to an aromatic ring is 1. The van der Waals surface area contributed by atoms with E-state index in [1.54, 1.807) is 12.3 Å². The van der Waals surface area contributed by atoms with E-state index in [1.807, 2.05) is 31.7 Å². The number of anilines is 1. The highest BCUT2D eigenvalue weighted by molar-refractivity contribution is 5.74. The summed E-state index contributed by atoms with van der Waals surface area (Å²) in [5.74, 6) is 0.0309. The van der Waals surface area contributed by atoms with Crippen molar-refractivity contribution >= 4 is 11.9 Å². The van der Waals surface area contributed by atoms with Crippen LogP contribution in [0.1, 0.15) is 51.5 Å². The first kappa shape index (κ1) is 18.7. The molecular formula is C21H25FN4O2. The van der Waals surface area contributed by atoms with Gasteiger partial charge in [-0.25, -0.2) is 14.8 Å². The molecule has 2 aromatic heterocycles. The highest BCUT2D eigenvalue weighted by Crippen LogP contribution is 2.47. The lowest BCUT2D eigenvalue weighted by Gasteiger charge is -2.28. The average Bonchev–Trinajstić information content (AvgIpc) is 3.20. The minimum absolute atomic E-state index is 0.101. The van der Waals surface area contributed by atoms with Crippen LogP contribution in [-0.4, -0.2) is 38.6 Å². The molecule has 2 fully saturated rings. The molecular weight excluding hydrogens is 359 g/mol. The summed E-state index contributed by atoms with van der Waals surface area (Å²) >= 11 is 0. The van der Waals surface area contributed by atoms with Crippen LogP contribution in [0.5, 0.6) is 0 Å². The van der Waals surface area contributed by atoms with Crippen molar-refractivity contribution in [3.63, 3.8) is 0 Å². The Balaban J connectivity index is 1.61. The molecule has 1 amide bonds. The third kappa shape index (κ3) is 3.41. The van der Waals surface area contributed by atoms with E-state index in [4.69, 9.17) is 10.5 Å². The molecule has 6 nitrogen and oxygen atoms in total. The van der Waals surface area contributed by atoms with E-state index in [-0.39, 0.29) is 24.1 Å². The molecule has 3 atom stereocenters. The standard InChI is InChI=1S/C21H25FN4O2/c1-21(2,3)28-20(27)26-14-5-6-17(26)15(9-14)13-8-16(19(23)25-11-13)12-4-7-18(22)24-10-12/h4,7-8,10-11,14-15,17H,5-6,9H2,1-3H3,(H2,23,25). The zero-order valence-corrected chi connectivity index (χ0v) is 16.4.